The minimum atomic E-state index is -0.764. The number of aldehydes is 1. The Morgan fingerprint density at radius 2 is 1.82 bits per heavy atom. The molecule has 0 fully saturated rings. The van der Waals surface area contributed by atoms with Crippen molar-refractivity contribution in [1.82, 2.24) is 5.32 Å². The zero-order valence-electron chi connectivity index (χ0n) is 20.1. The number of rotatable bonds is 17. The Labute approximate surface area is 201 Å². The van der Waals surface area contributed by atoms with Gasteiger partial charge in [0.2, 0.25) is 5.91 Å². The van der Waals surface area contributed by atoms with E-state index in [2.05, 4.69) is 5.32 Å². The summed E-state index contributed by atoms with van der Waals surface area (Å²) in [5, 5.41) is 2.84. The summed E-state index contributed by atoms with van der Waals surface area (Å²) < 4.78 is 10.6. The number of ether oxygens (including phenoxy) is 2. The third-order valence-corrected chi connectivity index (χ3v) is 5.89. The van der Waals surface area contributed by atoms with Crippen LogP contribution in [-0.2, 0) is 35.3 Å². The number of benzene rings is 1. The van der Waals surface area contributed by atoms with Gasteiger partial charge in [-0.15, -0.1) is 0 Å². The summed E-state index contributed by atoms with van der Waals surface area (Å²) in [5.41, 5.74) is 0.962. The van der Waals surface area contributed by atoms with Gasteiger partial charge in [-0.25, -0.2) is 0 Å². The number of ketones is 1. The highest BCUT2D eigenvalue weighted by Crippen LogP contribution is 2.17. The molecule has 0 aliphatic rings. The maximum absolute atomic E-state index is 13.1. The lowest BCUT2D eigenvalue weighted by Crippen LogP contribution is -2.45. The molecule has 1 N–H and O–H groups in total. The maximum atomic E-state index is 13.1. The van der Waals surface area contributed by atoms with Crippen molar-refractivity contribution in [2.24, 2.45) is 17.8 Å². The first-order valence-corrected chi connectivity index (χ1v) is 12.7. The monoisotopic (exact) mass is 479 g/mol. The highest BCUT2D eigenvalue weighted by atomic mass is 32.2. The molecule has 184 valence electrons. The SMILES string of the molecule is COC(=O)[C@H](COCc1ccccc1)CC(=O)[C@H](CC(C)C)NC(=O)[C@@H](CC=O)CCSC. The van der Waals surface area contributed by atoms with Crippen LogP contribution in [0, 0.1) is 17.8 Å². The molecule has 3 atom stereocenters. The summed E-state index contributed by atoms with van der Waals surface area (Å²) in [6, 6.07) is 8.80. The zero-order valence-corrected chi connectivity index (χ0v) is 20.9. The minimum absolute atomic E-state index is 0.0388. The Morgan fingerprint density at radius 3 is 2.39 bits per heavy atom. The highest BCUT2D eigenvalue weighted by Gasteiger charge is 2.30. The Bertz CT molecular complexity index is 740. The number of esters is 1. The molecule has 0 radical (unpaired) electrons. The summed E-state index contributed by atoms with van der Waals surface area (Å²) >= 11 is 1.60. The summed E-state index contributed by atoms with van der Waals surface area (Å²) in [6.45, 7) is 4.28. The Hall–Kier alpha value is -2.19. The molecule has 0 saturated heterocycles. The molecular formula is C25H37NO6S. The van der Waals surface area contributed by atoms with Crippen molar-refractivity contribution < 1.29 is 28.7 Å². The van der Waals surface area contributed by atoms with Crippen molar-refractivity contribution in [3.05, 3.63) is 35.9 Å². The second-order valence-corrected chi connectivity index (χ2v) is 9.45. The summed E-state index contributed by atoms with van der Waals surface area (Å²) in [7, 11) is 1.28. The smallest absolute Gasteiger partial charge is 0.311 e. The van der Waals surface area contributed by atoms with Gasteiger partial charge in [0, 0.05) is 18.8 Å². The van der Waals surface area contributed by atoms with Gasteiger partial charge in [-0.2, -0.15) is 11.8 Å². The van der Waals surface area contributed by atoms with Crippen LogP contribution in [0.2, 0.25) is 0 Å². The normalized spacial score (nSPS) is 13.7. The van der Waals surface area contributed by atoms with E-state index in [0.29, 0.717) is 19.4 Å². The minimum Gasteiger partial charge on any atom is -0.469 e. The van der Waals surface area contributed by atoms with Gasteiger partial charge < -0.3 is 19.6 Å². The molecule has 1 aromatic carbocycles. The van der Waals surface area contributed by atoms with E-state index in [0.717, 1.165) is 17.6 Å². The summed E-state index contributed by atoms with van der Waals surface area (Å²) in [6.07, 6.45) is 3.70. The number of thioether (sulfide) groups is 1. The highest BCUT2D eigenvalue weighted by molar-refractivity contribution is 7.98. The molecule has 8 heteroatoms. The molecule has 0 saturated carbocycles. The number of amides is 1. The first-order chi connectivity index (χ1) is 15.8. The van der Waals surface area contributed by atoms with Crippen LogP contribution in [0.3, 0.4) is 0 Å². The maximum Gasteiger partial charge on any atom is 0.311 e. The predicted molar refractivity (Wildman–Crippen MR) is 130 cm³/mol. The number of methoxy groups -OCH3 is 1. The lowest BCUT2D eigenvalue weighted by atomic mass is 9.92. The van der Waals surface area contributed by atoms with E-state index in [9.17, 15) is 19.2 Å². The quantitative estimate of drug-likeness (QED) is 0.270. The van der Waals surface area contributed by atoms with Crippen LogP contribution in [0.15, 0.2) is 30.3 Å². The molecule has 1 aromatic rings. The average molecular weight is 480 g/mol. The Morgan fingerprint density at radius 1 is 1.12 bits per heavy atom. The van der Waals surface area contributed by atoms with Crippen molar-refractivity contribution in [2.45, 2.75) is 52.2 Å². The molecule has 33 heavy (non-hydrogen) atoms. The molecule has 0 aliphatic heterocycles. The zero-order chi connectivity index (χ0) is 24.6. The number of carbonyl (C=O) groups is 4. The number of hydrogen-bond acceptors (Lipinski definition) is 7. The molecule has 1 amide bonds. The van der Waals surface area contributed by atoms with Gasteiger partial charge in [-0.1, -0.05) is 44.2 Å². The van der Waals surface area contributed by atoms with Crippen LogP contribution in [0.1, 0.15) is 45.1 Å². The molecule has 0 unspecified atom stereocenters. The molecule has 0 heterocycles. The van der Waals surface area contributed by atoms with Crippen LogP contribution in [0.25, 0.3) is 0 Å². The molecule has 1 rings (SSSR count). The summed E-state index contributed by atoms with van der Waals surface area (Å²) in [4.78, 5) is 49.2. The first-order valence-electron chi connectivity index (χ1n) is 11.3. The van der Waals surface area contributed by atoms with Gasteiger partial charge in [0.25, 0.3) is 0 Å². The van der Waals surface area contributed by atoms with Crippen LogP contribution in [0.5, 0.6) is 0 Å². The Kier molecular flexibility index (Phi) is 14.4. The van der Waals surface area contributed by atoms with E-state index in [1.165, 1.54) is 7.11 Å². The van der Waals surface area contributed by atoms with Crippen molar-refractivity contribution >= 4 is 35.7 Å². The van der Waals surface area contributed by atoms with Crippen molar-refractivity contribution in [2.75, 3.05) is 25.7 Å². The largest absolute Gasteiger partial charge is 0.469 e. The number of carbonyl (C=O) groups excluding carboxylic acids is 4. The van der Waals surface area contributed by atoms with Gasteiger partial charge in [0.15, 0.2) is 5.78 Å². The van der Waals surface area contributed by atoms with Gasteiger partial charge >= 0.3 is 5.97 Å². The topological polar surface area (TPSA) is 98.8 Å². The Balaban J connectivity index is 2.82. The van der Waals surface area contributed by atoms with Crippen molar-refractivity contribution in [1.29, 1.82) is 0 Å². The van der Waals surface area contributed by atoms with Crippen LogP contribution in [0.4, 0.5) is 0 Å². The van der Waals surface area contributed by atoms with E-state index in [-0.39, 0.29) is 37.1 Å². The fraction of sp³-hybridized carbons (Fsp3) is 0.600. The van der Waals surface area contributed by atoms with Gasteiger partial charge in [-0.3, -0.25) is 14.4 Å². The molecule has 7 nitrogen and oxygen atoms in total. The van der Waals surface area contributed by atoms with Gasteiger partial charge in [0.1, 0.15) is 6.29 Å². The van der Waals surface area contributed by atoms with Crippen LogP contribution >= 0.6 is 11.8 Å². The van der Waals surface area contributed by atoms with Gasteiger partial charge in [-0.05, 0) is 36.3 Å². The standard InChI is InChI=1S/C25H37NO6S/c1-18(2)14-22(26-24(29)20(10-12-27)11-13-33-4)23(28)15-21(25(30)31-3)17-32-16-19-8-6-5-7-9-19/h5-9,12,18,20-22H,10-11,13-17H2,1-4H3,(H,26,29)/t20-,21-,22-/m0/s1. The second-order valence-electron chi connectivity index (χ2n) is 8.46. The van der Waals surface area contributed by atoms with E-state index in [1.54, 1.807) is 11.8 Å². The van der Waals surface area contributed by atoms with E-state index in [1.807, 2.05) is 50.4 Å². The van der Waals surface area contributed by atoms with Crippen LogP contribution < -0.4 is 5.32 Å². The lowest BCUT2D eigenvalue weighted by molar-refractivity contribution is -0.150. The predicted octanol–water partition coefficient (Wildman–Crippen LogP) is 3.44. The molecule has 0 spiro atoms. The third-order valence-electron chi connectivity index (χ3n) is 5.25. The van der Waals surface area contributed by atoms with E-state index >= 15 is 0 Å². The van der Waals surface area contributed by atoms with Crippen molar-refractivity contribution in [3.63, 3.8) is 0 Å². The average Bonchev–Trinajstić information content (AvgIpc) is 2.80. The molecular weight excluding hydrogens is 442 g/mol. The molecule has 0 aliphatic carbocycles. The fourth-order valence-electron chi connectivity index (χ4n) is 3.42. The molecule has 0 aromatic heterocycles. The van der Waals surface area contributed by atoms with Gasteiger partial charge in [0.05, 0.1) is 32.3 Å². The number of nitrogens with one attached hydrogen (secondary N) is 1. The number of Topliss-reactive ketones (excluding diaryl/α,β-unsaturated/α-hetero) is 1. The van der Waals surface area contributed by atoms with E-state index in [4.69, 9.17) is 9.47 Å². The van der Waals surface area contributed by atoms with E-state index < -0.39 is 23.8 Å². The number of hydrogen-bond donors (Lipinski definition) is 1. The molecule has 0 bridgehead atoms. The first kappa shape index (κ1) is 28.8. The lowest BCUT2D eigenvalue weighted by Gasteiger charge is -2.24. The third kappa shape index (κ3) is 11.5. The van der Waals surface area contributed by atoms with Crippen molar-refractivity contribution in [3.8, 4) is 0 Å². The summed E-state index contributed by atoms with van der Waals surface area (Å²) in [5.74, 6) is -1.40. The van der Waals surface area contributed by atoms with Crippen LogP contribution in [-0.4, -0.2) is 55.7 Å². The fourth-order valence-corrected chi connectivity index (χ4v) is 3.94. The second kappa shape index (κ2) is 16.4.